The molecule has 0 saturated heterocycles. The number of rotatable bonds is 2. The van der Waals surface area contributed by atoms with Crippen LogP contribution in [-0.4, -0.2) is 20.3 Å². The molecule has 0 saturated carbocycles. The highest BCUT2D eigenvalue weighted by Gasteiger charge is 2.40. The molecule has 0 spiro atoms. The van der Waals surface area contributed by atoms with Gasteiger partial charge in [0.25, 0.3) is 0 Å². The molecule has 1 heterocycles. The van der Waals surface area contributed by atoms with Gasteiger partial charge in [0.2, 0.25) is 0 Å². The second-order valence-corrected chi connectivity index (χ2v) is 6.98. The number of aryl methyl sites for hydroxylation is 1. The zero-order chi connectivity index (χ0) is 13.6. The molecule has 4 heteroatoms. The quantitative estimate of drug-likeness (QED) is 0.858. The molecule has 0 atom stereocenters. The minimum atomic E-state index is -0.344. The van der Waals surface area contributed by atoms with Crippen molar-refractivity contribution in [3.8, 4) is 0 Å². The van der Waals surface area contributed by atoms with E-state index in [9.17, 15) is 0 Å². The predicted molar refractivity (Wildman–Crippen MR) is 71.0 cm³/mol. The van der Waals surface area contributed by atoms with Crippen LogP contribution in [0.15, 0.2) is 0 Å². The van der Waals surface area contributed by atoms with Crippen LogP contribution >= 0.6 is 0 Å². The highest BCUT2D eigenvalue weighted by Crippen LogP contribution is 2.32. The van der Waals surface area contributed by atoms with Gasteiger partial charge < -0.3 is 5.73 Å². The molecule has 98 valence electrons. The summed E-state index contributed by atoms with van der Waals surface area (Å²) in [6, 6.07) is 0. The van der Waals surface area contributed by atoms with Gasteiger partial charge in [0, 0.05) is 23.4 Å². The van der Waals surface area contributed by atoms with E-state index >= 15 is 0 Å². The molecule has 0 radical (unpaired) electrons. The van der Waals surface area contributed by atoms with Gasteiger partial charge in [0.1, 0.15) is 5.82 Å². The molecule has 1 aromatic rings. The van der Waals surface area contributed by atoms with Crippen LogP contribution in [0.1, 0.15) is 60.1 Å². The summed E-state index contributed by atoms with van der Waals surface area (Å²) < 4.78 is 1.86. The van der Waals surface area contributed by atoms with Crippen molar-refractivity contribution in [1.29, 1.82) is 0 Å². The monoisotopic (exact) mass is 238 g/mol. The summed E-state index contributed by atoms with van der Waals surface area (Å²) in [4.78, 5) is 4.69. The van der Waals surface area contributed by atoms with E-state index in [0.29, 0.717) is 0 Å². The van der Waals surface area contributed by atoms with Gasteiger partial charge in [-0.15, -0.1) is 0 Å². The Morgan fingerprint density at radius 2 is 1.47 bits per heavy atom. The van der Waals surface area contributed by atoms with Crippen LogP contribution < -0.4 is 5.73 Å². The third-order valence-corrected chi connectivity index (χ3v) is 3.60. The van der Waals surface area contributed by atoms with E-state index in [-0.39, 0.29) is 16.4 Å². The number of nitrogens with two attached hydrogens (primary N) is 1. The van der Waals surface area contributed by atoms with Crippen molar-refractivity contribution in [1.82, 2.24) is 14.8 Å². The summed E-state index contributed by atoms with van der Waals surface area (Å²) in [7, 11) is 1.94. The van der Waals surface area contributed by atoms with Gasteiger partial charge >= 0.3 is 0 Å². The van der Waals surface area contributed by atoms with Gasteiger partial charge in [-0.25, -0.2) is 4.98 Å². The normalized spacial score (nSPS) is 14.2. The van der Waals surface area contributed by atoms with Gasteiger partial charge in [-0.2, -0.15) is 5.10 Å². The van der Waals surface area contributed by atoms with E-state index in [1.54, 1.807) is 0 Å². The Kier molecular flexibility index (Phi) is 3.17. The first-order valence-corrected chi connectivity index (χ1v) is 6.08. The number of hydrogen-bond acceptors (Lipinski definition) is 3. The lowest BCUT2D eigenvalue weighted by atomic mass is 9.74. The molecule has 0 fully saturated rings. The van der Waals surface area contributed by atoms with E-state index < -0.39 is 0 Å². The van der Waals surface area contributed by atoms with Crippen LogP contribution in [0.25, 0.3) is 0 Å². The topological polar surface area (TPSA) is 56.7 Å². The minimum Gasteiger partial charge on any atom is -0.325 e. The fourth-order valence-electron chi connectivity index (χ4n) is 1.53. The van der Waals surface area contributed by atoms with Crippen molar-refractivity contribution in [2.45, 2.75) is 64.8 Å². The Balaban J connectivity index is 3.30. The maximum absolute atomic E-state index is 6.25. The van der Waals surface area contributed by atoms with Crippen LogP contribution in [-0.2, 0) is 17.9 Å². The minimum absolute atomic E-state index is 0.0369. The molecule has 0 bridgehead atoms. The van der Waals surface area contributed by atoms with Crippen LogP contribution in [0.3, 0.4) is 0 Å². The van der Waals surface area contributed by atoms with Crippen molar-refractivity contribution >= 4 is 0 Å². The van der Waals surface area contributed by atoms with Gasteiger partial charge in [0.15, 0.2) is 5.82 Å². The zero-order valence-electron chi connectivity index (χ0n) is 12.4. The van der Waals surface area contributed by atoms with Crippen molar-refractivity contribution in [3.63, 3.8) is 0 Å². The van der Waals surface area contributed by atoms with E-state index in [4.69, 9.17) is 10.7 Å². The lowest BCUT2D eigenvalue weighted by Gasteiger charge is -2.37. The maximum Gasteiger partial charge on any atom is 0.156 e. The molecule has 2 N–H and O–H groups in total. The maximum atomic E-state index is 6.25. The molecular formula is C13H26N4. The Hall–Kier alpha value is -0.900. The van der Waals surface area contributed by atoms with Gasteiger partial charge in [0.05, 0.1) is 0 Å². The molecule has 4 nitrogen and oxygen atoms in total. The molecular weight excluding hydrogens is 212 g/mol. The second kappa shape index (κ2) is 3.80. The highest BCUT2D eigenvalue weighted by atomic mass is 15.3. The lowest BCUT2D eigenvalue weighted by molar-refractivity contribution is 0.282. The SMILES string of the molecule is Cn1nc(C(C)(C)C)nc1C(C)(C)C(C)(C)N. The number of aromatic nitrogens is 3. The summed E-state index contributed by atoms with van der Waals surface area (Å²) >= 11 is 0. The van der Waals surface area contributed by atoms with Crippen LogP contribution in [0.5, 0.6) is 0 Å². The Morgan fingerprint density at radius 3 is 1.76 bits per heavy atom. The lowest BCUT2D eigenvalue weighted by Crippen LogP contribution is -2.51. The first-order chi connectivity index (χ1) is 7.37. The van der Waals surface area contributed by atoms with Crippen molar-refractivity contribution in [2.24, 2.45) is 12.8 Å². The molecule has 0 aliphatic rings. The van der Waals surface area contributed by atoms with E-state index in [2.05, 4.69) is 39.7 Å². The second-order valence-electron chi connectivity index (χ2n) is 6.98. The van der Waals surface area contributed by atoms with E-state index in [0.717, 1.165) is 11.6 Å². The summed E-state index contributed by atoms with van der Waals surface area (Å²) in [5.74, 6) is 1.81. The van der Waals surface area contributed by atoms with E-state index in [1.807, 2.05) is 25.6 Å². The summed E-state index contributed by atoms with van der Waals surface area (Å²) in [5, 5.41) is 4.51. The van der Waals surface area contributed by atoms with Gasteiger partial charge in [-0.3, -0.25) is 4.68 Å². The molecule has 0 aliphatic carbocycles. The van der Waals surface area contributed by atoms with Crippen LogP contribution in [0.2, 0.25) is 0 Å². The Morgan fingerprint density at radius 1 is 1.00 bits per heavy atom. The van der Waals surface area contributed by atoms with Crippen molar-refractivity contribution in [3.05, 3.63) is 11.6 Å². The molecule has 0 unspecified atom stereocenters. The predicted octanol–water partition coefficient (Wildman–Crippen LogP) is 2.13. The Labute approximate surface area is 105 Å². The number of nitrogens with zero attached hydrogens (tertiary/aromatic N) is 3. The molecule has 17 heavy (non-hydrogen) atoms. The smallest absolute Gasteiger partial charge is 0.156 e. The third-order valence-electron chi connectivity index (χ3n) is 3.60. The summed E-state index contributed by atoms with van der Waals surface area (Å²) in [6.07, 6.45) is 0. The van der Waals surface area contributed by atoms with Crippen molar-refractivity contribution in [2.75, 3.05) is 0 Å². The molecule has 0 aromatic carbocycles. The van der Waals surface area contributed by atoms with E-state index in [1.165, 1.54) is 0 Å². The highest BCUT2D eigenvalue weighted by molar-refractivity contribution is 5.16. The molecule has 1 rings (SSSR count). The van der Waals surface area contributed by atoms with Crippen LogP contribution in [0, 0.1) is 0 Å². The first-order valence-electron chi connectivity index (χ1n) is 6.08. The Bertz CT molecular complexity index is 402. The van der Waals surface area contributed by atoms with Gasteiger partial charge in [-0.1, -0.05) is 34.6 Å². The zero-order valence-corrected chi connectivity index (χ0v) is 12.4. The number of hydrogen-bond donors (Lipinski definition) is 1. The summed E-state index contributed by atoms with van der Waals surface area (Å²) in [6.45, 7) is 14.6. The summed E-state index contributed by atoms with van der Waals surface area (Å²) in [5.41, 5.74) is 5.65. The third kappa shape index (κ3) is 2.51. The van der Waals surface area contributed by atoms with Gasteiger partial charge in [-0.05, 0) is 13.8 Å². The standard InChI is InChI=1S/C13H26N4/c1-11(2,3)9-15-10(17(8)16-9)12(4,5)13(6,7)14/h14H2,1-8H3. The molecule has 0 amide bonds. The molecule has 0 aliphatic heterocycles. The first kappa shape index (κ1) is 14.2. The fraction of sp³-hybridized carbons (Fsp3) is 0.846. The average molecular weight is 238 g/mol. The van der Waals surface area contributed by atoms with Crippen molar-refractivity contribution < 1.29 is 0 Å². The fourth-order valence-corrected chi connectivity index (χ4v) is 1.53. The average Bonchev–Trinajstić information content (AvgIpc) is 2.44. The molecule has 1 aromatic heterocycles. The van der Waals surface area contributed by atoms with Crippen LogP contribution in [0.4, 0.5) is 0 Å². The largest absolute Gasteiger partial charge is 0.325 e.